The van der Waals surface area contributed by atoms with Gasteiger partial charge in [-0.15, -0.1) is 0 Å². The van der Waals surface area contributed by atoms with E-state index in [0.717, 1.165) is 44.2 Å². The van der Waals surface area contributed by atoms with E-state index >= 15 is 0 Å². The quantitative estimate of drug-likeness (QED) is 0.905. The van der Waals surface area contributed by atoms with Gasteiger partial charge in [0.1, 0.15) is 11.6 Å². The fourth-order valence-corrected chi connectivity index (χ4v) is 3.19. The van der Waals surface area contributed by atoms with Crippen LogP contribution in [0.15, 0.2) is 36.5 Å². The molecule has 110 valence electrons. The van der Waals surface area contributed by atoms with Gasteiger partial charge in [-0.1, -0.05) is 18.2 Å². The Hall–Kier alpha value is -2.01. The molecule has 0 radical (unpaired) electrons. The molecule has 5 nitrogen and oxygen atoms in total. The number of anilines is 1. The minimum absolute atomic E-state index is 0.397. The van der Waals surface area contributed by atoms with Gasteiger partial charge in [-0.25, -0.2) is 4.68 Å². The molecule has 3 heterocycles. The SMILES string of the molecule is c1ccc2c(c1)OCC[C@H]2NC[C@H]1CNc2ccnn2C1. The van der Waals surface area contributed by atoms with Crippen molar-refractivity contribution in [3.8, 4) is 5.75 Å². The summed E-state index contributed by atoms with van der Waals surface area (Å²) in [5, 5.41) is 11.5. The average molecular weight is 284 g/mol. The Morgan fingerprint density at radius 1 is 1.33 bits per heavy atom. The third kappa shape index (κ3) is 2.49. The van der Waals surface area contributed by atoms with Crippen molar-refractivity contribution in [2.75, 3.05) is 25.0 Å². The average Bonchev–Trinajstić information content (AvgIpc) is 3.00. The Kier molecular flexibility index (Phi) is 3.27. The first kappa shape index (κ1) is 12.7. The lowest BCUT2D eigenvalue weighted by molar-refractivity contribution is 0.245. The number of fused-ring (bicyclic) bond motifs is 2. The number of para-hydroxylation sites is 1. The van der Waals surface area contributed by atoms with Gasteiger partial charge in [0.25, 0.3) is 0 Å². The number of nitrogens with one attached hydrogen (secondary N) is 2. The van der Waals surface area contributed by atoms with Gasteiger partial charge in [0.05, 0.1) is 12.8 Å². The number of ether oxygens (including phenoxy) is 1. The van der Waals surface area contributed by atoms with Gasteiger partial charge < -0.3 is 15.4 Å². The molecule has 2 aliphatic heterocycles. The number of hydrogen-bond donors (Lipinski definition) is 2. The molecule has 2 atom stereocenters. The van der Waals surface area contributed by atoms with Gasteiger partial charge in [0.2, 0.25) is 0 Å². The molecule has 0 bridgehead atoms. The van der Waals surface area contributed by atoms with Crippen molar-refractivity contribution in [2.45, 2.75) is 19.0 Å². The lowest BCUT2D eigenvalue weighted by atomic mass is 9.99. The zero-order valence-electron chi connectivity index (χ0n) is 12.0. The highest BCUT2D eigenvalue weighted by Crippen LogP contribution is 2.31. The van der Waals surface area contributed by atoms with Crippen molar-refractivity contribution in [1.29, 1.82) is 0 Å². The molecule has 0 fully saturated rings. The summed E-state index contributed by atoms with van der Waals surface area (Å²) in [5.41, 5.74) is 1.28. The van der Waals surface area contributed by atoms with Crippen LogP contribution < -0.4 is 15.4 Å². The summed E-state index contributed by atoms with van der Waals surface area (Å²) in [6.45, 7) is 3.77. The molecule has 0 amide bonds. The molecule has 4 rings (SSSR count). The largest absolute Gasteiger partial charge is 0.493 e. The van der Waals surface area contributed by atoms with Crippen molar-refractivity contribution in [1.82, 2.24) is 15.1 Å². The Morgan fingerprint density at radius 3 is 3.29 bits per heavy atom. The predicted octanol–water partition coefficient (Wildman–Crippen LogP) is 2.04. The summed E-state index contributed by atoms with van der Waals surface area (Å²) in [6, 6.07) is 10.8. The van der Waals surface area contributed by atoms with Gasteiger partial charge in [0.15, 0.2) is 0 Å². The van der Waals surface area contributed by atoms with E-state index in [1.165, 1.54) is 5.56 Å². The van der Waals surface area contributed by atoms with Crippen molar-refractivity contribution in [3.63, 3.8) is 0 Å². The van der Waals surface area contributed by atoms with Gasteiger partial charge in [-0.3, -0.25) is 0 Å². The highest BCUT2D eigenvalue weighted by molar-refractivity contribution is 5.37. The van der Waals surface area contributed by atoms with Gasteiger partial charge in [0, 0.05) is 49.6 Å². The maximum atomic E-state index is 5.72. The molecular weight excluding hydrogens is 264 g/mol. The number of aromatic nitrogens is 2. The first-order valence-electron chi connectivity index (χ1n) is 7.61. The van der Waals surface area contributed by atoms with E-state index < -0.39 is 0 Å². The molecule has 0 spiro atoms. The summed E-state index contributed by atoms with van der Waals surface area (Å²) >= 11 is 0. The van der Waals surface area contributed by atoms with E-state index in [-0.39, 0.29) is 0 Å². The van der Waals surface area contributed by atoms with Crippen molar-refractivity contribution >= 4 is 5.82 Å². The fraction of sp³-hybridized carbons (Fsp3) is 0.438. The fourth-order valence-electron chi connectivity index (χ4n) is 3.19. The molecule has 21 heavy (non-hydrogen) atoms. The molecule has 2 N–H and O–H groups in total. The van der Waals surface area contributed by atoms with Crippen molar-refractivity contribution in [3.05, 3.63) is 42.1 Å². The Labute approximate surface area is 124 Å². The topological polar surface area (TPSA) is 51.1 Å². The highest BCUT2D eigenvalue weighted by Gasteiger charge is 2.23. The van der Waals surface area contributed by atoms with Crippen molar-refractivity contribution < 1.29 is 4.74 Å². The van der Waals surface area contributed by atoms with Crippen LogP contribution in [0, 0.1) is 5.92 Å². The van der Waals surface area contributed by atoms with E-state index in [1.54, 1.807) is 0 Å². The molecule has 0 aliphatic carbocycles. The van der Waals surface area contributed by atoms with Crippen LogP contribution in [0.3, 0.4) is 0 Å². The molecule has 0 unspecified atom stereocenters. The van der Waals surface area contributed by atoms with Crippen LogP contribution >= 0.6 is 0 Å². The zero-order chi connectivity index (χ0) is 14.1. The Balaban J connectivity index is 1.40. The van der Waals surface area contributed by atoms with Crippen LogP contribution in [0.25, 0.3) is 0 Å². The lowest BCUT2D eigenvalue weighted by Gasteiger charge is -2.30. The molecule has 2 aliphatic rings. The molecule has 5 heteroatoms. The maximum Gasteiger partial charge on any atom is 0.124 e. The second-order valence-corrected chi connectivity index (χ2v) is 5.78. The van der Waals surface area contributed by atoms with Crippen LogP contribution in [-0.4, -0.2) is 29.5 Å². The minimum atomic E-state index is 0.397. The monoisotopic (exact) mass is 284 g/mol. The normalized spacial score (nSPS) is 23.6. The molecule has 0 saturated heterocycles. The summed E-state index contributed by atoms with van der Waals surface area (Å²) in [6.07, 6.45) is 2.89. The predicted molar refractivity (Wildman–Crippen MR) is 81.5 cm³/mol. The van der Waals surface area contributed by atoms with Gasteiger partial charge in [-0.05, 0) is 6.07 Å². The van der Waals surface area contributed by atoms with Gasteiger partial charge >= 0.3 is 0 Å². The third-order valence-electron chi connectivity index (χ3n) is 4.33. The second-order valence-electron chi connectivity index (χ2n) is 5.78. The summed E-state index contributed by atoms with van der Waals surface area (Å²) in [7, 11) is 0. The molecular formula is C16H20N4O. The van der Waals surface area contributed by atoms with E-state index in [0.29, 0.717) is 12.0 Å². The van der Waals surface area contributed by atoms with E-state index in [1.807, 2.05) is 23.0 Å². The third-order valence-corrected chi connectivity index (χ3v) is 4.33. The first-order chi connectivity index (χ1) is 10.4. The second kappa shape index (κ2) is 5.41. The van der Waals surface area contributed by atoms with E-state index in [4.69, 9.17) is 4.74 Å². The van der Waals surface area contributed by atoms with Crippen molar-refractivity contribution in [2.24, 2.45) is 5.92 Å². The van der Waals surface area contributed by atoms with Gasteiger partial charge in [-0.2, -0.15) is 5.10 Å². The molecule has 0 saturated carbocycles. The van der Waals surface area contributed by atoms with Crippen LogP contribution in [0.4, 0.5) is 5.82 Å². The highest BCUT2D eigenvalue weighted by atomic mass is 16.5. The Morgan fingerprint density at radius 2 is 2.29 bits per heavy atom. The zero-order valence-corrected chi connectivity index (χ0v) is 12.0. The summed E-state index contributed by atoms with van der Waals surface area (Å²) < 4.78 is 7.76. The molecule has 2 aromatic rings. The summed E-state index contributed by atoms with van der Waals surface area (Å²) in [5.74, 6) is 2.72. The standard InChI is InChI=1S/C16H20N4O/c1-2-4-15-13(3-1)14(6-8-21-15)17-9-12-10-18-16-5-7-19-20(16)11-12/h1-5,7,12,14,17-18H,6,8-11H2/t12-,14+/m0/s1. The lowest BCUT2D eigenvalue weighted by Crippen LogP contribution is -2.37. The number of hydrogen-bond acceptors (Lipinski definition) is 4. The smallest absolute Gasteiger partial charge is 0.124 e. The van der Waals surface area contributed by atoms with E-state index in [2.05, 4.69) is 33.9 Å². The van der Waals surface area contributed by atoms with Crippen LogP contribution in [0.5, 0.6) is 5.75 Å². The Bertz CT molecular complexity index is 624. The maximum absolute atomic E-state index is 5.72. The molecule has 1 aromatic carbocycles. The number of rotatable bonds is 3. The van der Waals surface area contributed by atoms with Crippen LogP contribution in [0.1, 0.15) is 18.0 Å². The van der Waals surface area contributed by atoms with E-state index in [9.17, 15) is 0 Å². The minimum Gasteiger partial charge on any atom is -0.493 e. The number of benzene rings is 1. The van der Waals surface area contributed by atoms with Crippen LogP contribution in [-0.2, 0) is 6.54 Å². The summed E-state index contributed by atoms with van der Waals surface area (Å²) in [4.78, 5) is 0. The number of nitrogens with zero attached hydrogens (tertiary/aromatic N) is 2. The first-order valence-corrected chi connectivity index (χ1v) is 7.61. The molecule has 1 aromatic heterocycles. The van der Waals surface area contributed by atoms with Crippen LogP contribution in [0.2, 0.25) is 0 Å².